The fourth-order valence-corrected chi connectivity index (χ4v) is 3.03. The van der Waals surface area contributed by atoms with Crippen molar-refractivity contribution in [3.05, 3.63) is 80.9 Å². The number of hydrazone groups is 1. The number of carbonyl (C=O) groups excluding carboxylic acids is 2. The van der Waals surface area contributed by atoms with Crippen molar-refractivity contribution >= 4 is 49.9 Å². The molecule has 0 radical (unpaired) electrons. The number of furan rings is 1. The van der Waals surface area contributed by atoms with E-state index in [2.05, 4.69) is 47.7 Å². The Hall–Kier alpha value is -2.71. The van der Waals surface area contributed by atoms with Crippen molar-refractivity contribution < 1.29 is 14.0 Å². The number of hydrogen-bond donors (Lipinski definition) is 2. The maximum Gasteiger partial charge on any atom is 0.259 e. The van der Waals surface area contributed by atoms with E-state index in [0.717, 1.165) is 10.0 Å². The minimum atomic E-state index is -0.437. The van der Waals surface area contributed by atoms with Crippen molar-refractivity contribution in [2.45, 2.75) is 0 Å². The molecule has 0 bridgehead atoms. The lowest BCUT2D eigenvalue weighted by Crippen LogP contribution is -2.35. The van der Waals surface area contributed by atoms with Crippen LogP contribution in [-0.4, -0.2) is 24.6 Å². The third-order valence-electron chi connectivity index (χ3n) is 3.68. The minimum Gasteiger partial charge on any atom is -0.464 e. The summed E-state index contributed by atoms with van der Waals surface area (Å²) in [6.45, 7) is -0.187. The molecule has 3 rings (SSSR count). The molecule has 0 fully saturated rings. The molecule has 2 aromatic carbocycles. The fraction of sp³-hybridized carbons (Fsp3) is 0.0500. The van der Waals surface area contributed by atoms with Crippen LogP contribution < -0.4 is 10.7 Å². The first-order chi connectivity index (χ1) is 13.5. The lowest BCUT2D eigenvalue weighted by molar-refractivity contribution is -0.120. The number of hydrogen-bond acceptors (Lipinski definition) is 4. The van der Waals surface area contributed by atoms with Gasteiger partial charge in [0.05, 0.1) is 18.3 Å². The van der Waals surface area contributed by atoms with E-state index in [0.29, 0.717) is 21.4 Å². The number of nitrogens with zero attached hydrogens (tertiary/aromatic N) is 1. The van der Waals surface area contributed by atoms with Gasteiger partial charge in [0.25, 0.3) is 11.8 Å². The Morgan fingerprint density at radius 2 is 1.82 bits per heavy atom. The molecule has 1 heterocycles. The summed E-state index contributed by atoms with van der Waals surface area (Å²) >= 11 is 6.69. The van der Waals surface area contributed by atoms with Crippen LogP contribution in [0.15, 0.2) is 79.3 Å². The van der Waals surface area contributed by atoms with E-state index >= 15 is 0 Å². The molecular weight excluding hydrogens is 490 g/mol. The van der Waals surface area contributed by atoms with Crippen LogP contribution in [0.1, 0.15) is 15.9 Å². The molecule has 8 heteroatoms. The topological polar surface area (TPSA) is 83.7 Å². The van der Waals surface area contributed by atoms with Crippen LogP contribution in [0.3, 0.4) is 0 Å². The van der Waals surface area contributed by atoms with Crippen molar-refractivity contribution in [3.63, 3.8) is 0 Å². The Labute approximate surface area is 178 Å². The Bertz CT molecular complexity index is 1010. The number of amides is 2. The van der Waals surface area contributed by atoms with E-state index in [9.17, 15) is 9.59 Å². The first-order valence-corrected chi connectivity index (χ1v) is 9.80. The van der Waals surface area contributed by atoms with Crippen molar-refractivity contribution in [2.75, 3.05) is 6.54 Å². The SMILES string of the molecule is O=C(CNC(=O)c1ccccc1Br)N/N=C/c1coc(-c2ccc(Br)cc2)c1. The molecule has 2 N–H and O–H groups in total. The minimum absolute atomic E-state index is 0.187. The molecule has 0 saturated carbocycles. The van der Waals surface area contributed by atoms with Crippen LogP contribution >= 0.6 is 31.9 Å². The van der Waals surface area contributed by atoms with Gasteiger partial charge in [0.1, 0.15) is 12.0 Å². The number of nitrogens with one attached hydrogen (secondary N) is 2. The molecular formula is C20H15Br2N3O3. The average Bonchev–Trinajstić information content (AvgIpc) is 3.16. The van der Waals surface area contributed by atoms with E-state index in [4.69, 9.17) is 4.42 Å². The summed E-state index contributed by atoms with van der Waals surface area (Å²) in [5.74, 6) is -0.0881. The largest absolute Gasteiger partial charge is 0.464 e. The molecule has 3 aromatic rings. The van der Waals surface area contributed by atoms with Gasteiger partial charge in [-0.05, 0) is 46.3 Å². The Kier molecular flexibility index (Phi) is 6.78. The summed E-state index contributed by atoms with van der Waals surface area (Å²) < 4.78 is 7.15. The molecule has 0 aliphatic heterocycles. The molecule has 0 saturated heterocycles. The zero-order chi connectivity index (χ0) is 19.9. The lowest BCUT2D eigenvalue weighted by Gasteiger charge is -2.05. The number of halogens is 2. The Morgan fingerprint density at radius 1 is 1.07 bits per heavy atom. The summed E-state index contributed by atoms with van der Waals surface area (Å²) in [7, 11) is 0. The molecule has 6 nitrogen and oxygen atoms in total. The van der Waals surface area contributed by atoms with Crippen LogP contribution in [-0.2, 0) is 4.79 Å². The summed E-state index contributed by atoms with van der Waals surface area (Å²) in [5.41, 5.74) is 4.46. The van der Waals surface area contributed by atoms with E-state index in [1.165, 1.54) is 6.21 Å². The van der Waals surface area contributed by atoms with Gasteiger partial charge in [0.2, 0.25) is 0 Å². The van der Waals surface area contributed by atoms with Gasteiger partial charge in [-0.2, -0.15) is 5.10 Å². The van der Waals surface area contributed by atoms with Crippen LogP contribution in [0.5, 0.6) is 0 Å². The highest BCUT2D eigenvalue weighted by Gasteiger charge is 2.10. The predicted octanol–water partition coefficient (Wildman–Crippen LogP) is 4.35. The van der Waals surface area contributed by atoms with Crippen LogP contribution in [0.4, 0.5) is 0 Å². The van der Waals surface area contributed by atoms with Gasteiger partial charge in [-0.3, -0.25) is 9.59 Å². The molecule has 0 unspecified atom stereocenters. The summed E-state index contributed by atoms with van der Waals surface area (Å²) in [6, 6.07) is 16.5. The molecule has 2 amide bonds. The highest BCUT2D eigenvalue weighted by molar-refractivity contribution is 9.10. The maximum atomic E-state index is 12.0. The maximum absolute atomic E-state index is 12.0. The van der Waals surface area contributed by atoms with Crippen LogP contribution in [0.25, 0.3) is 11.3 Å². The molecule has 0 spiro atoms. The number of benzene rings is 2. The lowest BCUT2D eigenvalue weighted by atomic mass is 10.1. The second-order valence-corrected chi connectivity index (χ2v) is 7.48. The third-order valence-corrected chi connectivity index (χ3v) is 4.90. The second-order valence-electron chi connectivity index (χ2n) is 5.71. The van der Waals surface area contributed by atoms with Crippen molar-refractivity contribution in [2.24, 2.45) is 5.10 Å². The zero-order valence-corrected chi connectivity index (χ0v) is 17.7. The van der Waals surface area contributed by atoms with E-state index in [-0.39, 0.29) is 12.5 Å². The van der Waals surface area contributed by atoms with Gasteiger partial charge in [0.15, 0.2) is 0 Å². The standard InChI is InChI=1S/C20H15Br2N3O3/c21-15-7-5-14(6-8-15)18-9-13(12-28-18)10-24-25-19(26)11-23-20(27)16-3-1-2-4-17(16)22/h1-10,12H,11H2,(H,23,27)(H,25,26)/b24-10+. The van der Waals surface area contributed by atoms with Gasteiger partial charge in [-0.25, -0.2) is 5.43 Å². The van der Waals surface area contributed by atoms with E-state index < -0.39 is 5.91 Å². The van der Waals surface area contributed by atoms with Gasteiger partial charge >= 0.3 is 0 Å². The molecule has 142 valence electrons. The second kappa shape index (κ2) is 9.48. The summed E-state index contributed by atoms with van der Waals surface area (Å²) in [4.78, 5) is 23.9. The first kappa shape index (κ1) is 20.0. The molecule has 0 atom stereocenters. The first-order valence-electron chi connectivity index (χ1n) is 8.22. The van der Waals surface area contributed by atoms with Crippen molar-refractivity contribution in [3.8, 4) is 11.3 Å². The molecule has 0 aliphatic carbocycles. The van der Waals surface area contributed by atoms with Gasteiger partial charge in [-0.15, -0.1) is 0 Å². The monoisotopic (exact) mass is 503 g/mol. The molecule has 1 aromatic heterocycles. The highest BCUT2D eigenvalue weighted by atomic mass is 79.9. The predicted molar refractivity (Wildman–Crippen MR) is 114 cm³/mol. The summed E-state index contributed by atoms with van der Waals surface area (Å²) in [6.07, 6.45) is 3.01. The van der Waals surface area contributed by atoms with Gasteiger partial charge in [-0.1, -0.05) is 40.2 Å². The van der Waals surface area contributed by atoms with Gasteiger partial charge < -0.3 is 9.73 Å². The third kappa shape index (κ3) is 5.40. The van der Waals surface area contributed by atoms with Crippen molar-refractivity contribution in [1.82, 2.24) is 10.7 Å². The molecule has 28 heavy (non-hydrogen) atoms. The van der Waals surface area contributed by atoms with Crippen LogP contribution in [0.2, 0.25) is 0 Å². The highest BCUT2D eigenvalue weighted by Crippen LogP contribution is 2.23. The average molecular weight is 505 g/mol. The number of rotatable bonds is 6. The molecule has 0 aliphatic rings. The Morgan fingerprint density at radius 3 is 2.57 bits per heavy atom. The Balaban J connectivity index is 1.49. The number of carbonyl (C=O) groups is 2. The van der Waals surface area contributed by atoms with Crippen LogP contribution in [0, 0.1) is 0 Å². The van der Waals surface area contributed by atoms with Gasteiger partial charge in [0, 0.05) is 20.1 Å². The quantitative estimate of drug-likeness (QED) is 0.386. The summed E-state index contributed by atoms with van der Waals surface area (Å²) in [5, 5.41) is 6.42. The zero-order valence-electron chi connectivity index (χ0n) is 14.5. The smallest absolute Gasteiger partial charge is 0.259 e. The normalized spacial score (nSPS) is 10.8. The van der Waals surface area contributed by atoms with E-state index in [1.54, 1.807) is 30.5 Å². The van der Waals surface area contributed by atoms with E-state index in [1.807, 2.05) is 30.3 Å². The van der Waals surface area contributed by atoms with Crippen molar-refractivity contribution in [1.29, 1.82) is 0 Å². The fourth-order valence-electron chi connectivity index (χ4n) is 2.30.